The van der Waals surface area contributed by atoms with E-state index in [1.54, 1.807) is 12.7 Å². The minimum atomic E-state index is -4.20. The van der Waals surface area contributed by atoms with Crippen LogP contribution in [0, 0.1) is 11.8 Å². The maximum Gasteiger partial charge on any atom is 0.335 e. The molecule has 0 aromatic rings. The molecular weight excluding hydrogens is 224 g/mol. The van der Waals surface area contributed by atoms with Gasteiger partial charge in [0.15, 0.2) is 0 Å². The van der Waals surface area contributed by atoms with Crippen LogP contribution in [-0.4, -0.2) is 25.1 Å². The summed E-state index contributed by atoms with van der Waals surface area (Å²) < 4.78 is 57.7. The molecule has 0 radical (unpaired) electrons. The molecule has 2 atom stereocenters. The molecule has 2 unspecified atom stereocenters. The van der Waals surface area contributed by atoms with Crippen molar-refractivity contribution in [2.75, 3.05) is 13.2 Å². The largest absolute Gasteiger partial charge is 0.381 e. The standard InChI is InChI=1S/C11H14F4O/c1-3-4-10(12,13)11(14,15)5-9-7-16-6-8(9)2/h4,8-9H,1,5-7H2,2H3. The Bertz CT molecular complexity index is 294. The molecule has 0 bridgehead atoms. The van der Waals surface area contributed by atoms with Crippen molar-refractivity contribution in [3.63, 3.8) is 0 Å². The van der Waals surface area contributed by atoms with Gasteiger partial charge in [0.25, 0.3) is 0 Å². The summed E-state index contributed by atoms with van der Waals surface area (Å²) in [5.41, 5.74) is 1.71. The van der Waals surface area contributed by atoms with E-state index >= 15 is 0 Å². The van der Waals surface area contributed by atoms with E-state index in [-0.39, 0.29) is 18.6 Å². The Labute approximate surface area is 91.8 Å². The molecule has 5 heteroatoms. The summed E-state index contributed by atoms with van der Waals surface area (Å²) in [5, 5.41) is 0. The van der Waals surface area contributed by atoms with Crippen molar-refractivity contribution in [2.45, 2.75) is 25.2 Å². The Morgan fingerprint density at radius 3 is 2.44 bits per heavy atom. The van der Waals surface area contributed by atoms with Crippen molar-refractivity contribution in [1.82, 2.24) is 0 Å². The zero-order chi connectivity index (χ0) is 12.4. The van der Waals surface area contributed by atoms with Crippen LogP contribution in [0.15, 0.2) is 18.4 Å². The van der Waals surface area contributed by atoms with Crippen molar-refractivity contribution in [3.8, 4) is 0 Å². The number of halogens is 4. The summed E-state index contributed by atoms with van der Waals surface area (Å²) in [6.07, 6.45) is -0.854. The lowest BCUT2D eigenvalue weighted by Crippen LogP contribution is -2.41. The molecule has 1 heterocycles. The van der Waals surface area contributed by atoms with E-state index in [1.165, 1.54) is 0 Å². The second-order valence-corrected chi connectivity index (χ2v) is 4.15. The quantitative estimate of drug-likeness (QED) is 0.539. The summed E-state index contributed by atoms with van der Waals surface area (Å²) in [4.78, 5) is 0. The van der Waals surface area contributed by atoms with Crippen LogP contribution in [0.5, 0.6) is 0 Å². The molecule has 0 amide bonds. The zero-order valence-electron chi connectivity index (χ0n) is 8.98. The molecule has 1 rings (SSSR count). The van der Waals surface area contributed by atoms with Gasteiger partial charge in [-0.15, -0.1) is 5.73 Å². The van der Waals surface area contributed by atoms with E-state index in [9.17, 15) is 17.6 Å². The maximum atomic E-state index is 13.3. The Morgan fingerprint density at radius 1 is 1.38 bits per heavy atom. The summed E-state index contributed by atoms with van der Waals surface area (Å²) in [7, 11) is 0. The van der Waals surface area contributed by atoms with Crippen molar-refractivity contribution in [2.24, 2.45) is 11.8 Å². The van der Waals surface area contributed by atoms with Crippen LogP contribution >= 0.6 is 0 Å². The molecule has 1 nitrogen and oxygen atoms in total. The molecule has 0 aliphatic carbocycles. The molecule has 1 aliphatic heterocycles. The van der Waals surface area contributed by atoms with Gasteiger partial charge in [-0.3, -0.25) is 0 Å². The van der Waals surface area contributed by atoms with Crippen LogP contribution in [0.1, 0.15) is 13.3 Å². The van der Waals surface area contributed by atoms with Gasteiger partial charge in [-0.25, -0.2) is 0 Å². The second-order valence-electron chi connectivity index (χ2n) is 4.15. The van der Waals surface area contributed by atoms with Crippen molar-refractivity contribution < 1.29 is 22.3 Å². The van der Waals surface area contributed by atoms with Gasteiger partial charge >= 0.3 is 11.8 Å². The van der Waals surface area contributed by atoms with Crippen LogP contribution in [0.4, 0.5) is 17.6 Å². The summed E-state index contributed by atoms with van der Waals surface area (Å²) >= 11 is 0. The number of hydrogen-bond donors (Lipinski definition) is 0. The average molecular weight is 238 g/mol. The Morgan fingerprint density at radius 2 is 2.00 bits per heavy atom. The highest BCUT2D eigenvalue weighted by Crippen LogP contribution is 2.42. The lowest BCUT2D eigenvalue weighted by Gasteiger charge is -2.26. The Balaban J connectivity index is 2.73. The van der Waals surface area contributed by atoms with Gasteiger partial charge in [-0.2, -0.15) is 17.6 Å². The third-order valence-electron chi connectivity index (χ3n) is 2.81. The number of hydrogen-bond acceptors (Lipinski definition) is 1. The normalized spacial score (nSPS) is 26.6. The molecule has 0 aromatic heterocycles. The molecule has 1 aliphatic rings. The van der Waals surface area contributed by atoms with E-state index in [2.05, 4.69) is 6.58 Å². The Kier molecular flexibility index (Phi) is 3.81. The topological polar surface area (TPSA) is 9.23 Å². The number of rotatable bonds is 4. The van der Waals surface area contributed by atoms with E-state index in [4.69, 9.17) is 4.74 Å². The summed E-state index contributed by atoms with van der Waals surface area (Å²) in [5.74, 6) is -8.92. The summed E-state index contributed by atoms with van der Waals surface area (Å²) in [6.45, 7) is 5.07. The van der Waals surface area contributed by atoms with Crippen LogP contribution in [0.3, 0.4) is 0 Å². The van der Waals surface area contributed by atoms with Gasteiger partial charge in [-0.05, 0) is 11.8 Å². The highest BCUT2D eigenvalue weighted by Gasteiger charge is 2.55. The van der Waals surface area contributed by atoms with Crippen LogP contribution < -0.4 is 0 Å². The van der Waals surface area contributed by atoms with Gasteiger partial charge in [-0.1, -0.05) is 13.5 Å². The van der Waals surface area contributed by atoms with E-state index in [1.807, 2.05) is 0 Å². The van der Waals surface area contributed by atoms with E-state index < -0.39 is 24.2 Å². The van der Waals surface area contributed by atoms with Gasteiger partial charge in [0, 0.05) is 25.7 Å². The molecule has 0 N–H and O–H groups in total. The van der Waals surface area contributed by atoms with E-state index in [0.717, 1.165) is 0 Å². The summed E-state index contributed by atoms with van der Waals surface area (Å²) in [6, 6.07) is 0. The molecular formula is C11H14F4O. The SMILES string of the molecule is C=C=CC(F)(F)C(F)(F)CC1COCC1C. The monoisotopic (exact) mass is 238 g/mol. The molecule has 1 fully saturated rings. The second kappa shape index (κ2) is 4.60. The molecule has 1 saturated heterocycles. The third-order valence-corrected chi connectivity index (χ3v) is 2.81. The van der Waals surface area contributed by atoms with E-state index in [0.29, 0.717) is 6.61 Å². The first kappa shape index (κ1) is 13.3. The number of ether oxygens (including phenoxy) is 1. The maximum absolute atomic E-state index is 13.3. The third kappa shape index (κ3) is 2.66. The zero-order valence-corrected chi connectivity index (χ0v) is 8.98. The van der Waals surface area contributed by atoms with Crippen LogP contribution in [0.2, 0.25) is 0 Å². The lowest BCUT2D eigenvalue weighted by atomic mass is 9.89. The van der Waals surface area contributed by atoms with Crippen LogP contribution in [0.25, 0.3) is 0 Å². The predicted molar refractivity (Wildman–Crippen MR) is 51.7 cm³/mol. The van der Waals surface area contributed by atoms with Crippen molar-refractivity contribution in [1.29, 1.82) is 0 Å². The minimum absolute atomic E-state index is 0.0213. The highest BCUT2D eigenvalue weighted by molar-refractivity contribution is 5.02. The minimum Gasteiger partial charge on any atom is -0.381 e. The van der Waals surface area contributed by atoms with Crippen molar-refractivity contribution in [3.05, 3.63) is 18.4 Å². The fraction of sp³-hybridized carbons (Fsp3) is 0.727. The molecule has 0 aromatic carbocycles. The fourth-order valence-electron chi connectivity index (χ4n) is 1.66. The molecule has 0 saturated carbocycles. The van der Waals surface area contributed by atoms with Gasteiger partial charge < -0.3 is 4.74 Å². The number of allylic oxidation sites excluding steroid dienone is 1. The molecule has 16 heavy (non-hydrogen) atoms. The van der Waals surface area contributed by atoms with Gasteiger partial charge in [0.1, 0.15) is 0 Å². The highest BCUT2D eigenvalue weighted by atomic mass is 19.3. The molecule has 92 valence electrons. The molecule has 0 spiro atoms. The lowest BCUT2D eigenvalue weighted by molar-refractivity contribution is -0.190. The average Bonchev–Trinajstić information content (AvgIpc) is 2.50. The number of alkyl halides is 4. The fourth-order valence-corrected chi connectivity index (χ4v) is 1.66. The smallest absolute Gasteiger partial charge is 0.335 e. The first-order valence-electron chi connectivity index (χ1n) is 5.00. The van der Waals surface area contributed by atoms with Gasteiger partial charge in [0.05, 0.1) is 0 Å². The predicted octanol–water partition coefficient (Wildman–Crippen LogP) is 3.27. The Hall–Kier alpha value is -0.800. The van der Waals surface area contributed by atoms with Crippen LogP contribution in [-0.2, 0) is 4.74 Å². The first-order chi connectivity index (χ1) is 7.30. The van der Waals surface area contributed by atoms with Gasteiger partial charge in [0.2, 0.25) is 0 Å². The first-order valence-corrected chi connectivity index (χ1v) is 5.00. The van der Waals surface area contributed by atoms with Crippen molar-refractivity contribution >= 4 is 0 Å².